The number of piperazine rings is 1. The lowest BCUT2D eigenvalue weighted by Gasteiger charge is -2.34. The third kappa shape index (κ3) is 4.37. The van der Waals surface area contributed by atoms with Gasteiger partial charge in [-0.3, -0.25) is 0 Å². The Morgan fingerprint density at radius 2 is 1.88 bits per heavy atom. The first-order valence-electron chi connectivity index (χ1n) is 8.49. The highest BCUT2D eigenvalue weighted by molar-refractivity contribution is 5.68. The van der Waals surface area contributed by atoms with Crippen LogP contribution in [0.1, 0.15) is 12.5 Å². The van der Waals surface area contributed by atoms with E-state index in [0.29, 0.717) is 25.6 Å². The molecule has 7 nitrogen and oxygen atoms in total. The van der Waals surface area contributed by atoms with Crippen LogP contribution < -0.4 is 10.2 Å². The fourth-order valence-electron chi connectivity index (χ4n) is 2.68. The maximum Gasteiger partial charge on any atom is 0.409 e. The van der Waals surface area contributed by atoms with Crippen LogP contribution >= 0.6 is 0 Å². The number of ether oxygens (including phenoxy) is 1. The zero-order valence-electron chi connectivity index (χ0n) is 14.6. The van der Waals surface area contributed by atoms with E-state index in [1.165, 1.54) is 5.56 Å². The lowest BCUT2D eigenvalue weighted by molar-refractivity contribution is 0.105. The lowest BCUT2D eigenvalue weighted by Crippen LogP contribution is -2.49. The van der Waals surface area contributed by atoms with Crippen molar-refractivity contribution < 1.29 is 9.53 Å². The third-order valence-electron chi connectivity index (χ3n) is 4.08. The van der Waals surface area contributed by atoms with Crippen molar-refractivity contribution in [2.45, 2.75) is 13.8 Å². The monoisotopic (exact) mass is 341 g/mol. The van der Waals surface area contributed by atoms with Crippen LogP contribution in [0.5, 0.6) is 0 Å². The van der Waals surface area contributed by atoms with Crippen molar-refractivity contribution in [3.63, 3.8) is 0 Å². The predicted molar refractivity (Wildman–Crippen MR) is 97.3 cm³/mol. The summed E-state index contributed by atoms with van der Waals surface area (Å²) in [4.78, 5) is 24.5. The second-order valence-electron chi connectivity index (χ2n) is 5.90. The average Bonchev–Trinajstić information content (AvgIpc) is 2.64. The summed E-state index contributed by atoms with van der Waals surface area (Å²) in [5.74, 6) is 1.42. The molecule has 1 saturated heterocycles. The number of amides is 1. The third-order valence-corrected chi connectivity index (χ3v) is 4.08. The Balaban J connectivity index is 1.62. The van der Waals surface area contributed by atoms with Gasteiger partial charge in [0.25, 0.3) is 0 Å². The highest BCUT2D eigenvalue weighted by Gasteiger charge is 2.22. The number of hydrogen-bond donors (Lipinski definition) is 1. The van der Waals surface area contributed by atoms with Gasteiger partial charge in [0.1, 0.15) is 5.82 Å². The summed E-state index contributed by atoms with van der Waals surface area (Å²) in [7, 11) is 0. The van der Waals surface area contributed by atoms with Gasteiger partial charge < -0.3 is 19.9 Å². The highest BCUT2D eigenvalue weighted by Crippen LogP contribution is 2.18. The van der Waals surface area contributed by atoms with Crippen LogP contribution in [0.3, 0.4) is 0 Å². The van der Waals surface area contributed by atoms with Crippen LogP contribution in [0.2, 0.25) is 0 Å². The van der Waals surface area contributed by atoms with Crippen LogP contribution in [0.25, 0.3) is 0 Å². The molecule has 0 aliphatic carbocycles. The summed E-state index contributed by atoms with van der Waals surface area (Å²) in [5, 5.41) is 3.22. The quantitative estimate of drug-likeness (QED) is 0.922. The molecule has 1 aromatic heterocycles. The number of hydrogen-bond acceptors (Lipinski definition) is 6. The summed E-state index contributed by atoms with van der Waals surface area (Å²) < 4.78 is 5.05. The van der Waals surface area contributed by atoms with E-state index in [-0.39, 0.29) is 6.09 Å². The van der Waals surface area contributed by atoms with Crippen LogP contribution in [0, 0.1) is 6.92 Å². The smallest absolute Gasteiger partial charge is 0.409 e. The van der Waals surface area contributed by atoms with Crippen molar-refractivity contribution >= 4 is 23.5 Å². The topological polar surface area (TPSA) is 70.6 Å². The van der Waals surface area contributed by atoms with Gasteiger partial charge in [-0.2, -0.15) is 4.98 Å². The molecule has 1 aliphatic rings. The summed E-state index contributed by atoms with van der Waals surface area (Å²) >= 11 is 0. The number of carbonyl (C=O) groups is 1. The van der Waals surface area contributed by atoms with Crippen molar-refractivity contribution in [1.82, 2.24) is 14.9 Å². The minimum absolute atomic E-state index is 0.244. The fourth-order valence-corrected chi connectivity index (χ4v) is 2.68. The van der Waals surface area contributed by atoms with Crippen molar-refractivity contribution in [2.24, 2.45) is 0 Å². The molecule has 1 aromatic carbocycles. The molecule has 1 aliphatic heterocycles. The summed E-state index contributed by atoms with van der Waals surface area (Å²) in [6.45, 7) is 6.97. The first-order chi connectivity index (χ1) is 12.2. The number of carbonyl (C=O) groups excluding carboxylic acids is 1. The van der Waals surface area contributed by atoms with Gasteiger partial charge >= 0.3 is 6.09 Å². The zero-order valence-corrected chi connectivity index (χ0v) is 14.6. The van der Waals surface area contributed by atoms with Gasteiger partial charge in [0.15, 0.2) is 0 Å². The second kappa shape index (κ2) is 7.83. The Morgan fingerprint density at radius 3 is 2.56 bits per heavy atom. The van der Waals surface area contributed by atoms with Gasteiger partial charge in [0.2, 0.25) is 5.95 Å². The molecule has 0 radical (unpaired) electrons. The first-order valence-corrected chi connectivity index (χ1v) is 8.49. The molecule has 7 heteroatoms. The molecular weight excluding hydrogens is 318 g/mol. The average molecular weight is 341 g/mol. The number of nitrogens with one attached hydrogen (secondary N) is 1. The molecule has 0 atom stereocenters. The van der Waals surface area contributed by atoms with Crippen molar-refractivity contribution in [1.29, 1.82) is 0 Å². The Labute approximate surface area is 147 Å². The minimum Gasteiger partial charge on any atom is -0.450 e. The molecule has 0 saturated carbocycles. The molecule has 0 unspecified atom stereocenters. The Morgan fingerprint density at radius 1 is 1.16 bits per heavy atom. The summed E-state index contributed by atoms with van der Waals surface area (Å²) in [6.07, 6.45) is 1.50. The molecule has 3 rings (SSSR count). The molecule has 2 heterocycles. The van der Waals surface area contributed by atoms with Gasteiger partial charge in [-0.15, -0.1) is 0 Å². The minimum atomic E-state index is -0.244. The Kier molecular flexibility index (Phi) is 5.33. The second-order valence-corrected chi connectivity index (χ2v) is 5.90. The molecule has 25 heavy (non-hydrogen) atoms. The van der Waals surface area contributed by atoms with E-state index in [0.717, 1.165) is 24.6 Å². The largest absolute Gasteiger partial charge is 0.450 e. The molecule has 1 fully saturated rings. The van der Waals surface area contributed by atoms with E-state index in [1.807, 2.05) is 37.3 Å². The van der Waals surface area contributed by atoms with Crippen molar-refractivity contribution in [3.8, 4) is 0 Å². The van der Waals surface area contributed by atoms with Crippen molar-refractivity contribution in [3.05, 3.63) is 42.1 Å². The number of anilines is 3. The summed E-state index contributed by atoms with van der Waals surface area (Å²) in [6, 6.07) is 9.98. The molecule has 0 spiro atoms. The normalized spacial score (nSPS) is 14.3. The number of benzene rings is 1. The Hall–Kier alpha value is -2.83. The van der Waals surface area contributed by atoms with E-state index < -0.39 is 0 Å². The molecule has 0 bridgehead atoms. The van der Waals surface area contributed by atoms with Gasteiger partial charge in [-0.1, -0.05) is 17.7 Å². The van der Waals surface area contributed by atoms with Crippen LogP contribution in [0.4, 0.5) is 22.2 Å². The SMILES string of the molecule is CCOC(=O)N1CCN(c2ccnc(Nc3ccc(C)cc3)n2)CC1. The molecule has 2 aromatic rings. The number of nitrogens with zero attached hydrogens (tertiary/aromatic N) is 4. The lowest BCUT2D eigenvalue weighted by atomic mass is 10.2. The van der Waals surface area contributed by atoms with Crippen LogP contribution in [0.15, 0.2) is 36.5 Å². The Bertz CT molecular complexity index is 712. The standard InChI is InChI=1S/C18H23N5O2/c1-3-25-18(24)23-12-10-22(11-13-23)16-8-9-19-17(21-16)20-15-6-4-14(2)5-7-15/h4-9H,3,10-13H2,1-2H3,(H,19,20,21). The van der Waals surface area contributed by atoms with E-state index in [1.54, 1.807) is 11.1 Å². The predicted octanol–water partition coefficient (Wildman–Crippen LogP) is 2.81. The van der Waals surface area contributed by atoms with E-state index in [2.05, 4.69) is 27.1 Å². The molecular formula is C18H23N5O2. The number of aryl methyl sites for hydroxylation is 1. The van der Waals surface area contributed by atoms with E-state index in [4.69, 9.17) is 4.74 Å². The van der Waals surface area contributed by atoms with E-state index in [9.17, 15) is 4.79 Å². The number of aromatic nitrogens is 2. The van der Waals surface area contributed by atoms with E-state index >= 15 is 0 Å². The zero-order chi connectivity index (χ0) is 17.6. The van der Waals surface area contributed by atoms with Gasteiger partial charge in [-0.25, -0.2) is 9.78 Å². The first kappa shape index (κ1) is 17.0. The maximum atomic E-state index is 11.8. The summed E-state index contributed by atoms with van der Waals surface area (Å²) in [5.41, 5.74) is 2.16. The molecule has 132 valence electrons. The van der Waals surface area contributed by atoms with Crippen LogP contribution in [-0.4, -0.2) is 53.7 Å². The fraction of sp³-hybridized carbons (Fsp3) is 0.389. The number of rotatable bonds is 4. The van der Waals surface area contributed by atoms with Crippen LogP contribution in [-0.2, 0) is 4.74 Å². The maximum absolute atomic E-state index is 11.8. The molecule has 1 amide bonds. The van der Waals surface area contributed by atoms with Crippen molar-refractivity contribution in [2.75, 3.05) is 43.0 Å². The van der Waals surface area contributed by atoms with Gasteiger partial charge in [-0.05, 0) is 32.0 Å². The van der Waals surface area contributed by atoms with Gasteiger partial charge in [0.05, 0.1) is 6.61 Å². The highest BCUT2D eigenvalue weighted by atomic mass is 16.6. The van der Waals surface area contributed by atoms with Gasteiger partial charge in [0, 0.05) is 38.1 Å². The molecule has 1 N–H and O–H groups in total.